The number of anilines is 1. The Morgan fingerprint density at radius 3 is 2.58 bits per heavy atom. The molecular weight excluding hydrogens is 248 g/mol. The van der Waals surface area contributed by atoms with Crippen LogP contribution in [-0.2, 0) is 0 Å². The fourth-order valence-electron chi connectivity index (χ4n) is 3.17. The maximum Gasteiger partial charge on any atom is 0.150 e. The first kappa shape index (κ1) is 12.4. The van der Waals surface area contributed by atoms with Crippen molar-refractivity contribution < 1.29 is 8.78 Å². The van der Waals surface area contributed by atoms with Crippen molar-refractivity contribution in [2.24, 2.45) is 11.8 Å². The second-order valence-corrected chi connectivity index (χ2v) is 5.31. The Hall–Kier alpha value is -1.67. The van der Waals surface area contributed by atoms with Crippen LogP contribution in [0.15, 0.2) is 12.1 Å². The third-order valence-corrected chi connectivity index (χ3v) is 4.17. The molecule has 2 atom stereocenters. The van der Waals surface area contributed by atoms with Gasteiger partial charge in [0.2, 0.25) is 0 Å². The summed E-state index contributed by atoms with van der Waals surface area (Å²) in [6.07, 6.45) is 0.955. The molecule has 2 heterocycles. The number of nitriles is 1. The van der Waals surface area contributed by atoms with Crippen molar-refractivity contribution >= 4 is 5.69 Å². The molecule has 3 rings (SSSR count). The first-order chi connectivity index (χ1) is 9.19. The highest BCUT2D eigenvalue weighted by atomic mass is 19.1. The molecule has 3 nitrogen and oxygen atoms in total. The van der Waals surface area contributed by atoms with Gasteiger partial charge in [0.15, 0.2) is 11.6 Å². The third-order valence-electron chi connectivity index (χ3n) is 4.17. The van der Waals surface area contributed by atoms with Crippen LogP contribution in [0.25, 0.3) is 0 Å². The quantitative estimate of drug-likeness (QED) is 0.841. The van der Waals surface area contributed by atoms with E-state index in [1.54, 1.807) is 11.0 Å². The number of rotatable bonds is 1. The van der Waals surface area contributed by atoms with Crippen molar-refractivity contribution in [2.75, 3.05) is 31.1 Å². The van der Waals surface area contributed by atoms with Crippen molar-refractivity contribution in [2.45, 2.75) is 6.42 Å². The number of nitrogens with one attached hydrogen (secondary N) is 1. The average molecular weight is 263 g/mol. The number of halogens is 2. The zero-order valence-corrected chi connectivity index (χ0v) is 10.5. The van der Waals surface area contributed by atoms with E-state index < -0.39 is 11.6 Å². The molecule has 1 aromatic rings. The van der Waals surface area contributed by atoms with Gasteiger partial charge in [0.05, 0.1) is 11.6 Å². The van der Waals surface area contributed by atoms with Gasteiger partial charge in [0.1, 0.15) is 5.69 Å². The Bertz CT molecular complexity index is 515. The predicted molar refractivity (Wildman–Crippen MR) is 67.8 cm³/mol. The van der Waals surface area contributed by atoms with Crippen LogP contribution >= 0.6 is 0 Å². The lowest BCUT2D eigenvalue weighted by Crippen LogP contribution is -2.40. The van der Waals surface area contributed by atoms with E-state index in [0.717, 1.165) is 31.6 Å². The Morgan fingerprint density at radius 1 is 1.21 bits per heavy atom. The Kier molecular flexibility index (Phi) is 3.11. The molecule has 0 amide bonds. The predicted octanol–water partition coefficient (Wildman–Crippen LogP) is 1.88. The lowest BCUT2D eigenvalue weighted by atomic mass is 9.88. The number of fused-ring (bicyclic) bond motifs is 1. The van der Waals surface area contributed by atoms with Crippen molar-refractivity contribution in [3.05, 3.63) is 29.3 Å². The first-order valence-electron chi connectivity index (χ1n) is 6.54. The smallest absolute Gasteiger partial charge is 0.150 e. The Labute approximate surface area is 110 Å². The standard InChI is InChI=1S/C14H15F2N3/c15-12-3-9(5-17)4-13(16)14(12)19-2-1-10-6-18-7-11(10)8-19/h3-4,10-11,18H,1-2,6-8H2. The van der Waals surface area contributed by atoms with Gasteiger partial charge in [-0.2, -0.15) is 5.26 Å². The van der Waals surface area contributed by atoms with E-state index >= 15 is 0 Å². The number of hydrogen-bond acceptors (Lipinski definition) is 3. The van der Waals surface area contributed by atoms with Crippen LogP contribution in [0.4, 0.5) is 14.5 Å². The highest BCUT2D eigenvalue weighted by Gasteiger charge is 2.34. The monoisotopic (exact) mass is 263 g/mol. The lowest BCUT2D eigenvalue weighted by Gasteiger charge is -2.36. The van der Waals surface area contributed by atoms with Gasteiger partial charge >= 0.3 is 0 Å². The zero-order chi connectivity index (χ0) is 13.4. The highest BCUT2D eigenvalue weighted by molar-refractivity contribution is 5.53. The topological polar surface area (TPSA) is 39.1 Å². The summed E-state index contributed by atoms with van der Waals surface area (Å²) in [7, 11) is 0. The van der Waals surface area contributed by atoms with Crippen molar-refractivity contribution in [1.82, 2.24) is 5.32 Å². The number of hydrogen-bond donors (Lipinski definition) is 1. The molecular formula is C14H15F2N3. The maximum absolute atomic E-state index is 14.0. The summed E-state index contributed by atoms with van der Waals surface area (Å²) in [5, 5.41) is 12.0. The van der Waals surface area contributed by atoms with E-state index in [9.17, 15) is 8.78 Å². The molecule has 0 radical (unpaired) electrons. The minimum Gasteiger partial charge on any atom is -0.366 e. The van der Waals surface area contributed by atoms with Crippen molar-refractivity contribution in [3.8, 4) is 6.07 Å². The SMILES string of the molecule is N#Cc1cc(F)c(N2CCC3CNCC3C2)c(F)c1. The molecule has 1 N–H and O–H groups in total. The first-order valence-corrected chi connectivity index (χ1v) is 6.54. The summed E-state index contributed by atoms with van der Waals surface area (Å²) >= 11 is 0. The zero-order valence-electron chi connectivity index (χ0n) is 10.5. The molecule has 2 aliphatic heterocycles. The minimum atomic E-state index is -0.638. The number of nitrogens with zero attached hydrogens (tertiary/aromatic N) is 2. The molecule has 19 heavy (non-hydrogen) atoms. The van der Waals surface area contributed by atoms with Crippen LogP contribution in [0.5, 0.6) is 0 Å². The van der Waals surface area contributed by atoms with Gasteiger partial charge in [-0.05, 0) is 43.5 Å². The Morgan fingerprint density at radius 2 is 1.89 bits per heavy atom. The van der Waals surface area contributed by atoms with Crippen LogP contribution in [0.2, 0.25) is 0 Å². The van der Waals surface area contributed by atoms with Gasteiger partial charge < -0.3 is 10.2 Å². The fourth-order valence-corrected chi connectivity index (χ4v) is 3.17. The minimum absolute atomic E-state index is 0.0179. The number of piperidine rings is 1. The summed E-state index contributed by atoms with van der Waals surface area (Å²) < 4.78 is 28.0. The largest absolute Gasteiger partial charge is 0.366 e. The van der Waals surface area contributed by atoms with Gasteiger partial charge in [-0.25, -0.2) is 8.78 Å². The van der Waals surface area contributed by atoms with E-state index in [1.807, 2.05) is 0 Å². The molecule has 2 saturated heterocycles. The second-order valence-electron chi connectivity index (χ2n) is 5.31. The van der Waals surface area contributed by atoms with E-state index in [-0.39, 0.29) is 11.3 Å². The van der Waals surface area contributed by atoms with Crippen LogP contribution in [0.1, 0.15) is 12.0 Å². The molecule has 0 aliphatic carbocycles. The maximum atomic E-state index is 14.0. The molecule has 1 aromatic carbocycles. The fraction of sp³-hybridized carbons (Fsp3) is 0.500. The Balaban J connectivity index is 1.88. The molecule has 5 heteroatoms. The van der Waals surface area contributed by atoms with Crippen LogP contribution in [0, 0.1) is 34.8 Å². The summed E-state index contributed by atoms with van der Waals surface area (Å²) in [6, 6.07) is 3.98. The summed E-state index contributed by atoms with van der Waals surface area (Å²) in [5.41, 5.74) is 0.0421. The molecule has 100 valence electrons. The molecule has 2 unspecified atom stereocenters. The number of benzene rings is 1. The summed E-state index contributed by atoms with van der Waals surface area (Å²) in [5.74, 6) is -0.189. The third kappa shape index (κ3) is 2.17. The van der Waals surface area contributed by atoms with E-state index in [1.165, 1.54) is 0 Å². The van der Waals surface area contributed by atoms with Crippen LogP contribution in [0.3, 0.4) is 0 Å². The molecule has 0 bridgehead atoms. The van der Waals surface area contributed by atoms with E-state index in [2.05, 4.69) is 5.32 Å². The van der Waals surface area contributed by atoms with Crippen LogP contribution < -0.4 is 10.2 Å². The van der Waals surface area contributed by atoms with Gasteiger partial charge in [0, 0.05) is 13.1 Å². The molecule has 0 spiro atoms. The van der Waals surface area contributed by atoms with E-state index in [0.29, 0.717) is 24.9 Å². The lowest BCUT2D eigenvalue weighted by molar-refractivity contribution is 0.344. The van der Waals surface area contributed by atoms with Gasteiger partial charge in [-0.15, -0.1) is 0 Å². The summed E-state index contributed by atoms with van der Waals surface area (Å²) in [6.45, 7) is 3.28. The van der Waals surface area contributed by atoms with Crippen LogP contribution in [-0.4, -0.2) is 26.2 Å². The second kappa shape index (κ2) is 4.78. The highest BCUT2D eigenvalue weighted by Crippen LogP contribution is 2.32. The summed E-state index contributed by atoms with van der Waals surface area (Å²) in [4.78, 5) is 1.78. The van der Waals surface area contributed by atoms with Gasteiger partial charge in [-0.1, -0.05) is 0 Å². The van der Waals surface area contributed by atoms with Gasteiger partial charge in [-0.3, -0.25) is 0 Å². The molecule has 0 aromatic heterocycles. The molecule has 2 fully saturated rings. The van der Waals surface area contributed by atoms with Crippen molar-refractivity contribution in [3.63, 3.8) is 0 Å². The van der Waals surface area contributed by atoms with Gasteiger partial charge in [0.25, 0.3) is 0 Å². The molecule has 2 aliphatic rings. The van der Waals surface area contributed by atoms with E-state index in [4.69, 9.17) is 5.26 Å². The average Bonchev–Trinajstić information content (AvgIpc) is 2.85. The molecule has 0 saturated carbocycles. The normalized spacial score (nSPS) is 26.1. The van der Waals surface area contributed by atoms with Crippen molar-refractivity contribution in [1.29, 1.82) is 5.26 Å².